The number of aliphatic imine (C=N–C) groups is 3. The van der Waals surface area contributed by atoms with E-state index in [9.17, 15) is 0 Å². The molecule has 0 aromatic rings. The topological polar surface area (TPSA) is 292 Å². The van der Waals surface area contributed by atoms with Gasteiger partial charge in [0.2, 0.25) is 5.29 Å². The molecule has 1 aliphatic heterocycles. The normalized spacial score (nSPS) is 18.1. The lowest BCUT2D eigenvalue weighted by Gasteiger charge is -2.42. The van der Waals surface area contributed by atoms with Crippen molar-refractivity contribution in [2.24, 2.45) is 55.1 Å². The summed E-state index contributed by atoms with van der Waals surface area (Å²) in [6.07, 6.45) is 0. The van der Waals surface area contributed by atoms with Crippen molar-refractivity contribution in [2.75, 3.05) is 0 Å². The Morgan fingerprint density at radius 3 is 1.67 bits per heavy atom. The fraction of sp³-hybridized carbons (Fsp3) is 0.429. The smallest absolute Gasteiger partial charge is 0.412 e. The van der Waals surface area contributed by atoms with Gasteiger partial charge in [-0.05, 0) is 6.92 Å². The second-order valence-electron chi connectivity index (χ2n) is 4.84. The Bertz CT molecular complexity index is 595. The van der Waals surface area contributed by atoms with Crippen LogP contribution in [0.15, 0.2) is 15.0 Å². The summed E-state index contributed by atoms with van der Waals surface area (Å²) in [5, 5.41) is 8.18. The highest BCUT2D eigenvalue weighted by Gasteiger charge is 2.61. The molecule has 0 aromatic heterocycles. The van der Waals surface area contributed by atoms with Gasteiger partial charge in [-0.2, -0.15) is 0 Å². The van der Waals surface area contributed by atoms with Gasteiger partial charge in [0.1, 0.15) is 0 Å². The van der Waals surface area contributed by atoms with Crippen LogP contribution in [0.1, 0.15) is 6.92 Å². The monoisotopic (exact) mass is 447 g/mol. The summed E-state index contributed by atoms with van der Waals surface area (Å²) in [6.45, 7) is 1.39. The molecule has 0 spiro atoms. The van der Waals surface area contributed by atoms with E-state index in [4.69, 9.17) is 62.0 Å². The van der Waals surface area contributed by atoms with E-state index in [1.54, 1.807) is 0 Å². The molecule has 0 saturated carbocycles. The zero-order valence-corrected chi connectivity index (χ0v) is 18.0. The third-order valence-electron chi connectivity index (χ3n) is 2.71. The van der Waals surface area contributed by atoms with Crippen molar-refractivity contribution in [1.29, 1.82) is 5.41 Å². The molecule has 0 aliphatic carbocycles. The zero-order chi connectivity index (χ0) is 20.7. The summed E-state index contributed by atoms with van der Waals surface area (Å²) in [7, 11) is -3.98. The molecule has 1 rings (SSSR count). The summed E-state index contributed by atoms with van der Waals surface area (Å²) in [4.78, 5) is 12.3. The van der Waals surface area contributed by atoms with Crippen LogP contribution in [0.4, 0.5) is 0 Å². The highest BCUT2D eigenvalue weighted by Crippen LogP contribution is 2.33. The molecule has 0 aromatic carbocycles. The summed E-state index contributed by atoms with van der Waals surface area (Å²) in [5.41, 5.74) is 37.1. The van der Waals surface area contributed by atoms with E-state index in [2.05, 4.69) is 20.3 Å². The SMILES string of the molecule is CC(N=C(N)N)(NC(=N)N)C(N=C(N)N)(N=C(N)N)[Si]1O[Si]O[Si]O[Si]O1. The Morgan fingerprint density at radius 2 is 1.30 bits per heavy atom. The molecule has 1 aliphatic rings. The minimum Gasteiger partial charge on any atom is -0.412 e. The number of nitrogens with zero attached hydrogens (tertiary/aromatic N) is 3. The molecule has 0 amide bonds. The molecule has 7 radical (unpaired) electrons. The highest BCUT2D eigenvalue weighted by molar-refractivity contribution is 6.63. The average molecular weight is 448 g/mol. The number of hydrogen-bond acceptors (Lipinski definition) is 8. The Morgan fingerprint density at radius 1 is 0.852 bits per heavy atom. The van der Waals surface area contributed by atoms with Gasteiger partial charge in [0.25, 0.3) is 0 Å². The molecular weight excluding hydrogens is 429 g/mol. The van der Waals surface area contributed by atoms with Gasteiger partial charge in [-0.25, -0.2) is 15.0 Å². The summed E-state index contributed by atoms with van der Waals surface area (Å²) < 4.78 is 21.6. The lowest BCUT2D eigenvalue weighted by molar-refractivity contribution is 0.235. The summed E-state index contributed by atoms with van der Waals surface area (Å²) in [6, 6.07) is 0. The standard InChI is InChI=1S/C7H19N12O4Si4/c1-6(16-2(8)9,17-3(10)11)7(18-4(12)13,19-5(14)15)27-22-25-20-24-21-26-23-27/h1H3,(H4,8,9,16)(H4,10,11,17)(H4,12,13,18)(H4,14,15,19). The molecule has 0 bridgehead atoms. The Kier molecular flexibility index (Phi) is 8.15. The molecule has 27 heavy (non-hydrogen) atoms. The van der Waals surface area contributed by atoms with Crippen molar-refractivity contribution < 1.29 is 16.5 Å². The first-order valence-corrected chi connectivity index (χ1v) is 10.5. The van der Waals surface area contributed by atoms with Gasteiger partial charge in [-0.1, -0.05) is 0 Å². The highest BCUT2D eigenvalue weighted by atomic mass is 28.4. The van der Waals surface area contributed by atoms with Crippen molar-refractivity contribution in [3.8, 4) is 0 Å². The van der Waals surface area contributed by atoms with Crippen LogP contribution in [0, 0.1) is 5.41 Å². The Labute approximate surface area is 163 Å². The third kappa shape index (κ3) is 6.17. The van der Waals surface area contributed by atoms with Crippen LogP contribution in [0.25, 0.3) is 0 Å². The van der Waals surface area contributed by atoms with Crippen LogP contribution in [0.3, 0.4) is 0 Å². The van der Waals surface area contributed by atoms with Gasteiger partial charge in [0, 0.05) is 0 Å². The van der Waals surface area contributed by atoms with Crippen molar-refractivity contribution >= 4 is 63.1 Å². The van der Waals surface area contributed by atoms with E-state index >= 15 is 0 Å². The minimum atomic E-state index is -2.69. The second kappa shape index (κ2) is 9.64. The van der Waals surface area contributed by atoms with Crippen LogP contribution < -0.4 is 45.5 Å². The molecule has 16 N–H and O–H groups in total. The largest absolute Gasteiger partial charge is 0.425 e. The number of hydrogen-bond donors (Lipinski definition) is 9. The van der Waals surface area contributed by atoms with E-state index in [1.165, 1.54) is 6.92 Å². The van der Waals surface area contributed by atoms with E-state index in [0.717, 1.165) is 0 Å². The number of rotatable bonds is 6. The quantitative estimate of drug-likeness (QED) is 0.104. The van der Waals surface area contributed by atoms with Gasteiger partial charge in [0.05, 0.1) is 0 Å². The third-order valence-corrected chi connectivity index (χ3v) is 7.47. The fourth-order valence-electron chi connectivity index (χ4n) is 1.96. The summed E-state index contributed by atoms with van der Waals surface area (Å²) >= 11 is 0. The first kappa shape index (κ1) is 22.8. The molecule has 16 nitrogen and oxygen atoms in total. The average Bonchev–Trinajstić information content (AvgIpc) is 2.42. The van der Waals surface area contributed by atoms with Crippen molar-refractivity contribution in [3.05, 3.63) is 0 Å². The van der Waals surface area contributed by atoms with Gasteiger partial charge >= 0.3 is 39.3 Å². The van der Waals surface area contributed by atoms with Crippen molar-refractivity contribution in [2.45, 2.75) is 17.9 Å². The van der Waals surface area contributed by atoms with E-state index < -0.39 is 64.1 Å². The lowest BCUT2D eigenvalue weighted by atomic mass is 10.1. The molecule has 20 heteroatoms. The minimum absolute atomic E-state index is 0.282. The molecule has 1 fully saturated rings. The first-order valence-electron chi connectivity index (χ1n) is 6.75. The van der Waals surface area contributed by atoms with Crippen LogP contribution in [0.2, 0.25) is 0 Å². The predicted molar refractivity (Wildman–Crippen MR) is 101 cm³/mol. The predicted octanol–water partition coefficient (Wildman–Crippen LogP) is -6.59. The molecular formula is C7H19N12O4Si4. The van der Waals surface area contributed by atoms with E-state index in [1.807, 2.05) is 0 Å². The van der Waals surface area contributed by atoms with Crippen LogP contribution in [-0.2, 0) is 16.5 Å². The maximum atomic E-state index is 7.61. The molecule has 1 heterocycles. The molecule has 1 atom stereocenters. The van der Waals surface area contributed by atoms with Gasteiger partial charge in [-0.15, -0.1) is 0 Å². The molecule has 147 valence electrons. The fourth-order valence-corrected chi connectivity index (χ4v) is 7.09. The maximum Gasteiger partial charge on any atom is 0.425 e. The van der Waals surface area contributed by atoms with Crippen molar-refractivity contribution in [3.63, 3.8) is 0 Å². The summed E-state index contributed by atoms with van der Waals surface area (Å²) in [5.74, 6) is -1.82. The van der Waals surface area contributed by atoms with Crippen LogP contribution in [0.5, 0.6) is 0 Å². The zero-order valence-electron chi connectivity index (χ0n) is 14.0. The van der Waals surface area contributed by atoms with Gasteiger partial charge < -0.3 is 61.9 Å². The van der Waals surface area contributed by atoms with Crippen LogP contribution >= 0.6 is 0 Å². The molecule has 1 unspecified atom stereocenters. The second-order valence-corrected chi connectivity index (χ2v) is 9.88. The van der Waals surface area contributed by atoms with E-state index in [0.29, 0.717) is 0 Å². The first-order chi connectivity index (χ1) is 12.5. The molecule has 1 saturated heterocycles. The van der Waals surface area contributed by atoms with Crippen molar-refractivity contribution in [1.82, 2.24) is 5.32 Å². The number of nitrogens with two attached hydrogens (primary N) is 7. The van der Waals surface area contributed by atoms with Gasteiger partial charge in [0.15, 0.2) is 29.5 Å². The Balaban J connectivity index is 3.74. The number of nitrogens with one attached hydrogen (secondary N) is 2. The van der Waals surface area contributed by atoms with E-state index in [-0.39, 0.29) is 10.0 Å². The maximum absolute atomic E-state index is 7.61. The Hall–Kier alpha value is -2.21. The lowest BCUT2D eigenvalue weighted by Crippen LogP contribution is -2.71. The number of guanidine groups is 4. The van der Waals surface area contributed by atoms with Crippen LogP contribution in [-0.4, -0.2) is 74.1 Å². The van der Waals surface area contributed by atoms with Gasteiger partial charge in [-0.3, -0.25) is 5.41 Å².